The molecule has 0 N–H and O–H groups in total. The smallest absolute Gasteiger partial charge is 0.00533 e. The highest BCUT2D eigenvalue weighted by atomic mass is 32.1. The van der Waals surface area contributed by atoms with E-state index in [0.29, 0.717) is 0 Å². The number of thiol groups is 1. The zero-order valence-electron chi connectivity index (χ0n) is 5.89. The van der Waals surface area contributed by atoms with Gasteiger partial charge in [-0.25, -0.2) is 0 Å². The summed E-state index contributed by atoms with van der Waals surface area (Å²) in [6, 6.07) is 0. The minimum absolute atomic E-state index is 1.14. The average molecular weight is 133 g/mol. The van der Waals surface area contributed by atoms with E-state index in [1.807, 2.05) is 0 Å². The molecule has 0 radical (unpaired) electrons. The van der Waals surface area contributed by atoms with Crippen molar-refractivity contribution < 1.29 is 0 Å². The Hall–Kier alpha value is 0.0500. The van der Waals surface area contributed by atoms with Crippen LogP contribution in [-0.4, -0.2) is 25.5 Å². The molecule has 0 rings (SSSR count). The van der Waals surface area contributed by atoms with Gasteiger partial charge in [0.25, 0.3) is 0 Å². The highest BCUT2D eigenvalue weighted by Crippen LogP contribution is 1.63. The first-order valence-corrected chi connectivity index (χ1v) is 3.10. The Kier molecular flexibility index (Phi) is 13.8. The molecule has 0 spiro atoms. The molecule has 50 valence electrons. The van der Waals surface area contributed by atoms with Gasteiger partial charge >= 0.3 is 0 Å². The summed E-state index contributed by atoms with van der Waals surface area (Å²) < 4.78 is 0. The molecule has 0 aromatic rings. The van der Waals surface area contributed by atoms with Crippen molar-refractivity contribution in [2.24, 2.45) is 0 Å². The first-order valence-electron chi connectivity index (χ1n) is 2.58. The number of hydrogen-bond donors (Lipinski definition) is 1. The normalized spacial score (nSPS) is 7.62. The zero-order chi connectivity index (χ0) is 6.99. The van der Waals surface area contributed by atoms with Crippen molar-refractivity contribution in [1.29, 1.82) is 0 Å². The summed E-state index contributed by atoms with van der Waals surface area (Å²) in [5, 5.41) is 1.44. The maximum absolute atomic E-state index is 3.55. The van der Waals surface area contributed by atoms with Gasteiger partial charge in [-0.05, 0) is 26.0 Å². The summed E-state index contributed by atoms with van der Waals surface area (Å²) in [5.41, 5.74) is 0. The first-order chi connectivity index (χ1) is 3.68. The van der Waals surface area contributed by atoms with Crippen molar-refractivity contribution in [3.05, 3.63) is 12.0 Å². The quantitative estimate of drug-likeness (QED) is 0.532. The van der Waals surface area contributed by atoms with E-state index in [1.54, 1.807) is 0 Å². The fraction of sp³-hybridized carbons (Fsp3) is 0.667. The van der Waals surface area contributed by atoms with Gasteiger partial charge in [-0.3, -0.25) is 0 Å². The SMILES string of the molecule is C=CS.CCN(C)C. The topological polar surface area (TPSA) is 3.24 Å². The Morgan fingerprint density at radius 1 is 1.62 bits per heavy atom. The molecule has 0 saturated heterocycles. The van der Waals surface area contributed by atoms with Gasteiger partial charge in [0.15, 0.2) is 0 Å². The van der Waals surface area contributed by atoms with Crippen LogP contribution in [0.3, 0.4) is 0 Å². The van der Waals surface area contributed by atoms with E-state index < -0.39 is 0 Å². The highest BCUT2D eigenvalue weighted by Gasteiger charge is 1.72. The maximum atomic E-state index is 3.55. The van der Waals surface area contributed by atoms with Crippen LogP contribution in [-0.2, 0) is 0 Å². The molecule has 0 heterocycles. The van der Waals surface area contributed by atoms with Gasteiger partial charge in [0.05, 0.1) is 0 Å². The van der Waals surface area contributed by atoms with Crippen LogP contribution in [0.4, 0.5) is 0 Å². The fourth-order valence-electron chi connectivity index (χ4n) is 0. The Morgan fingerprint density at radius 2 is 1.75 bits per heavy atom. The molecule has 1 nitrogen and oxygen atoms in total. The van der Waals surface area contributed by atoms with Gasteiger partial charge in [0.1, 0.15) is 0 Å². The lowest BCUT2D eigenvalue weighted by Gasteiger charge is -2.00. The molecule has 0 aliphatic rings. The molecule has 0 amide bonds. The van der Waals surface area contributed by atoms with Gasteiger partial charge in [-0.1, -0.05) is 13.5 Å². The Balaban J connectivity index is 0. The number of hydrogen-bond acceptors (Lipinski definition) is 2. The first kappa shape index (κ1) is 10.9. The molecule has 0 aliphatic heterocycles. The zero-order valence-corrected chi connectivity index (χ0v) is 6.78. The van der Waals surface area contributed by atoms with Crippen molar-refractivity contribution in [1.82, 2.24) is 4.90 Å². The van der Waals surface area contributed by atoms with E-state index in [1.165, 1.54) is 5.41 Å². The number of nitrogens with zero attached hydrogens (tertiary/aromatic N) is 1. The van der Waals surface area contributed by atoms with Crippen LogP contribution in [0.5, 0.6) is 0 Å². The Morgan fingerprint density at radius 3 is 1.75 bits per heavy atom. The highest BCUT2D eigenvalue weighted by molar-refractivity contribution is 7.83. The molecule has 0 bridgehead atoms. The van der Waals surface area contributed by atoms with E-state index >= 15 is 0 Å². The molecular formula is C6H15NS. The van der Waals surface area contributed by atoms with Crippen molar-refractivity contribution in [2.75, 3.05) is 20.6 Å². The van der Waals surface area contributed by atoms with Gasteiger partial charge < -0.3 is 4.90 Å². The van der Waals surface area contributed by atoms with Crippen molar-refractivity contribution >= 4 is 12.6 Å². The molecule has 0 saturated carbocycles. The van der Waals surface area contributed by atoms with Crippen LogP contribution >= 0.6 is 12.6 Å². The summed E-state index contributed by atoms with van der Waals surface area (Å²) in [7, 11) is 4.11. The lowest BCUT2D eigenvalue weighted by atomic mass is 10.7. The standard InChI is InChI=1S/C4H11N.C2H4S/c1-4-5(2)3;1-2-3/h4H2,1-3H3;2-3H,1H2. The van der Waals surface area contributed by atoms with Crippen LogP contribution in [0.1, 0.15) is 6.92 Å². The third-order valence-corrected chi connectivity index (χ3v) is 0.632. The molecule has 2 heteroatoms. The molecule has 0 aliphatic carbocycles. The molecule has 0 aromatic heterocycles. The number of rotatable bonds is 1. The second-order valence-corrected chi connectivity index (χ2v) is 1.94. The van der Waals surface area contributed by atoms with Gasteiger partial charge in [-0.2, -0.15) is 12.6 Å². The predicted octanol–water partition coefficient (Wildman–Crippen LogP) is 1.63. The van der Waals surface area contributed by atoms with Gasteiger partial charge in [0.2, 0.25) is 0 Å². The summed E-state index contributed by atoms with van der Waals surface area (Å²) in [6.45, 7) is 6.49. The fourth-order valence-corrected chi connectivity index (χ4v) is 0. The van der Waals surface area contributed by atoms with E-state index in [0.717, 1.165) is 6.54 Å². The van der Waals surface area contributed by atoms with Crippen molar-refractivity contribution in [3.63, 3.8) is 0 Å². The summed E-state index contributed by atoms with van der Waals surface area (Å²) >= 11 is 3.55. The van der Waals surface area contributed by atoms with Crippen LogP contribution in [0, 0.1) is 0 Å². The third-order valence-electron chi connectivity index (χ3n) is 0.632. The van der Waals surface area contributed by atoms with Gasteiger partial charge in [0, 0.05) is 0 Å². The van der Waals surface area contributed by atoms with Gasteiger partial charge in [-0.15, -0.1) is 0 Å². The predicted molar refractivity (Wildman–Crippen MR) is 43.4 cm³/mol. The summed E-state index contributed by atoms with van der Waals surface area (Å²) in [5.74, 6) is 0. The maximum Gasteiger partial charge on any atom is -0.00533 e. The largest absolute Gasteiger partial charge is 0.310 e. The van der Waals surface area contributed by atoms with Crippen LogP contribution in [0.2, 0.25) is 0 Å². The second-order valence-electron chi connectivity index (χ2n) is 1.58. The molecule has 0 aromatic carbocycles. The van der Waals surface area contributed by atoms with Crippen LogP contribution in [0.25, 0.3) is 0 Å². The third kappa shape index (κ3) is 36.7. The Bertz CT molecular complexity index is 43.8. The van der Waals surface area contributed by atoms with Crippen molar-refractivity contribution in [3.8, 4) is 0 Å². The molecule has 0 unspecified atom stereocenters. The molecular weight excluding hydrogens is 118 g/mol. The van der Waals surface area contributed by atoms with Crippen LogP contribution < -0.4 is 0 Å². The van der Waals surface area contributed by atoms with E-state index in [-0.39, 0.29) is 0 Å². The summed E-state index contributed by atoms with van der Waals surface area (Å²) in [6.07, 6.45) is 0. The lowest BCUT2D eigenvalue weighted by molar-refractivity contribution is 0.434. The van der Waals surface area contributed by atoms with E-state index in [9.17, 15) is 0 Å². The molecule has 8 heavy (non-hydrogen) atoms. The van der Waals surface area contributed by atoms with Crippen molar-refractivity contribution in [2.45, 2.75) is 6.92 Å². The average Bonchev–Trinajstić information content (AvgIpc) is 1.69. The molecule has 0 fully saturated rings. The summed E-state index contributed by atoms with van der Waals surface area (Å²) in [4.78, 5) is 2.12. The molecule has 0 atom stereocenters. The van der Waals surface area contributed by atoms with E-state index in [2.05, 4.69) is 45.1 Å². The Labute approximate surface area is 57.8 Å². The second kappa shape index (κ2) is 10.1. The van der Waals surface area contributed by atoms with Crippen LogP contribution in [0.15, 0.2) is 12.0 Å². The minimum Gasteiger partial charge on any atom is -0.310 e. The minimum atomic E-state index is 1.14. The monoisotopic (exact) mass is 133 g/mol. The lowest BCUT2D eigenvalue weighted by Crippen LogP contribution is -2.08. The van der Waals surface area contributed by atoms with E-state index in [4.69, 9.17) is 0 Å².